The molecule has 2 saturated heterocycles. The Hall–Kier alpha value is -4.26. The van der Waals surface area contributed by atoms with E-state index in [0.29, 0.717) is 56.9 Å². The van der Waals surface area contributed by atoms with Crippen molar-refractivity contribution in [3.8, 4) is 0 Å². The molecule has 69 heavy (non-hydrogen) atoms. The third-order valence-corrected chi connectivity index (χ3v) is 15.1. The average Bonchev–Trinajstić information content (AvgIpc) is 3.88. The quantitative estimate of drug-likeness (QED) is 0.181. The topological polar surface area (TPSA) is 219 Å². The number of tetrazole rings is 1. The molecular weight excluding hydrogens is 887 g/mol. The number of aromatic nitrogens is 4. The minimum absolute atomic E-state index is 0.0168. The van der Waals surface area contributed by atoms with E-state index in [1.54, 1.807) is 45.9 Å². The second-order valence-electron chi connectivity index (χ2n) is 20.3. The summed E-state index contributed by atoms with van der Waals surface area (Å²) in [6, 6.07) is -1.24. The summed E-state index contributed by atoms with van der Waals surface area (Å²) in [6.07, 6.45) is 13.7. The number of nitrogens with zero attached hydrogens (tertiary/aromatic N) is 5. The molecule has 17 heteroatoms. The van der Waals surface area contributed by atoms with Gasteiger partial charge in [0.05, 0.1) is 24.4 Å². The zero-order valence-electron chi connectivity index (χ0n) is 42.5. The Balaban J connectivity index is 1.46. The molecule has 4 heterocycles. The monoisotopic (exact) mass is 966 g/mol. The normalized spacial score (nSPS) is 38.8. The summed E-state index contributed by atoms with van der Waals surface area (Å²) in [6.45, 7) is 12.8. The van der Waals surface area contributed by atoms with Gasteiger partial charge < -0.3 is 38.8 Å². The fourth-order valence-electron chi connectivity index (χ4n) is 10.7. The van der Waals surface area contributed by atoms with Gasteiger partial charge in [0, 0.05) is 58.5 Å². The van der Waals surface area contributed by atoms with Crippen molar-refractivity contribution in [1.82, 2.24) is 25.1 Å². The molecule has 5 rings (SSSR count). The Morgan fingerprint density at radius 2 is 1.64 bits per heavy atom. The van der Waals surface area contributed by atoms with Crippen molar-refractivity contribution in [3.63, 3.8) is 0 Å². The molecule has 17 nitrogen and oxygen atoms in total. The number of Topliss-reactive ketones (excluding diaryl/α,β-unsaturated/α-hetero) is 3. The number of aliphatic hydroxyl groups is 2. The van der Waals surface area contributed by atoms with Crippen molar-refractivity contribution in [2.24, 2.45) is 35.5 Å². The van der Waals surface area contributed by atoms with Crippen LogP contribution in [0.5, 0.6) is 0 Å². The number of rotatable bonds is 7. The standard InChI is InChI=1S/C52H79N5O12/c1-31-16-12-11-13-17-32(2)43(65-8)28-39-21-19-37(7)52(64,69-39)49(61)50(62)56-23-15-14-18-41(56)51(63)68-44(34(4)26-38-20-22-40(45(27-38)66-9)57-54-30-53-55-57)29-42(58)33(3)25-36(6)47(60)48(67-10)46(59)35(5)24-31/h11-13,16-17,25,30-31,33-35,37-41,43-45,47-48,60,64H,14-15,18-24,26-29H2,1-10H3/b13-11+,16-12+,32-17+,36-25+/t31-,33?,34-,35?,37-,38+,39+,40+,41+,43+,44+,45-,47-,48?,52-/m1/s1. The number of cyclic esters (lactones) is 1. The van der Waals surface area contributed by atoms with Crippen LogP contribution in [0.25, 0.3) is 0 Å². The number of aliphatic hydroxyl groups excluding tert-OH is 1. The lowest BCUT2D eigenvalue weighted by Crippen LogP contribution is -2.61. The summed E-state index contributed by atoms with van der Waals surface area (Å²) in [5.74, 6) is -7.94. The van der Waals surface area contributed by atoms with Gasteiger partial charge in [-0.15, -0.1) is 10.2 Å². The van der Waals surface area contributed by atoms with Gasteiger partial charge in [-0.05, 0) is 112 Å². The van der Waals surface area contributed by atoms with E-state index in [1.807, 2.05) is 58.1 Å². The highest BCUT2D eigenvalue weighted by molar-refractivity contribution is 6.39. The SMILES string of the molecule is COC1C(=O)C(C)C[C@H](C)/C=C/C=C/C=C(\C)[C@@H](OC)C[C@@H]2CC[C@@H](C)[C@@](O)(O2)C(=O)C(=O)N2CCCC[C@H]2C(=O)O[C@H]([C@H](C)C[C@@H]2CC[C@H](n3ncnn3)[C@H](OC)C2)CC(=O)C(C)/C=C(\C)[C@H]1O. The van der Waals surface area contributed by atoms with Crippen molar-refractivity contribution in [1.29, 1.82) is 0 Å². The van der Waals surface area contributed by atoms with Crippen LogP contribution in [0.15, 0.2) is 53.9 Å². The zero-order valence-corrected chi connectivity index (χ0v) is 42.5. The third kappa shape index (κ3) is 14.2. The van der Waals surface area contributed by atoms with Crippen LogP contribution < -0.4 is 0 Å². The van der Waals surface area contributed by atoms with Gasteiger partial charge in [-0.2, -0.15) is 4.80 Å². The number of esters is 1. The summed E-state index contributed by atoms with van der Waals surface area (Å²) >= 11 is 0. The Kier molecular flexibility index (Phi) is 20.8. The van der Waals surface area contributed by atoms with E-state index >= 15 is 0 Å². The molecule has 1 saturated carbocycles. The zero-order chi connectivity index (χ0) is 50.6. The van der Waals surface area contributed by atoms with Gasteiger partial charge in [-0.3, -0.25) is 19.2 Å². The van der Waals surface area contributed by atoms with Crippen LogP contribution in [-0.4, -0.2) is 141 Å². The molecule has 15 atom stereocenters. The van der Waals surface area contributed by atoms with E-state index in [-0.39, 0.29) is 60.9 Å². The van der Waals surface area contributed by atoms with Gasteiger partial charge in [-0.1, -0.05) is 71.1 Å². The van der Waals surface area contributed by atoms with E-state index in [9.17, 15) is 34.2 Å². The van der Waals surface area contributed by atoms with Crippen molar-refractivity contribution < 1.29 is 57.9 Å². The molecule has 1 aliphatic carbocycles. The molecule has 2 N–H and O–H groups in total. The van der Waals surface area contributed by atoms with Crippen molar-refractivity contribution in [2.75, 3.05) is 27.9 Å². The fraction of sp³-hybridized carbons (Fsp3) is 0.731. The van der Waals surface area contributed by atoms with Gasteiger partial charge in [0.25, 0.3) is 11.7 Å². The predicted octanol–water partition coefficient (Wildman–Crippen LogP) is 6.05. The Morgan fingerprint density at radius 3 is 2.32 bits per heavy atom. The van der Waals surface area contributed by atoms with Crippen molar-refractivity contribution in [3.05, 3.63) is 53.9 Å². The highest BCUT2D eigenvalue weighted by Gasteiger charge is 2.53. The molecule has 1 amide bonds. The number of piperidine rings is 1. The molecule has 0 radical (unpaired) electrons. The molecule has 0 aromatic carbocycles. The number of amides is 1. The Bertz CT molecular complexity index is 2020. The number of ketones is 3. The first-order valence-corrected chi connectivity index (χ1v) is 25.0. The molecule has 3 fully saturated rings. The maximum atomic E-state index is 14.5. The first-order valence-electron chi connectivity index (χ1n) is 25.0. The van der Waals surface area contributed by atoms with Gasteiger partial charge in [0.15, 0.2) is 12.1 Å². The molecule has 1 aromatic rings. The highest BCUT2D eigenvalue weighted by atomic mass is 16.6. The summed E-state index contributed by atoms with van der Waals surface area (Å²) in [5.41, 5.74) is 1.27. The fourth-order valence-corrected chi connectivity index (χ4v) is 10.7. The van der Waals surface area contributed by atoms with Gasteiger partial charge in [0.2, 0.25) is 5.79 Å². The van der Waals surface area contributed by atoms with Gasteiger partial charge >= 0.3 is 5.97 Å². The predicted molar refractivity (Wildman–Crippen MR) is 256 cm³/mol. The minimum atomic E-state index is -2.43. The van der Waals surface area contributed by atoms with Crippen LogP contribution in [0.4, 0.5) is 0 Å². The van der Waals surface area contributed by atoms with Crippen LogP contribution in [0.3, 0.4) is 0 Å². The Labute approximate surface area is 408 Å². The number of hydrogen-bond acceptors (Lipinski definition) is 15. The number of ether oxygens (including phenoxy) is 5. The lowest BCUT2D eigenvalue weighted by molar-refractivity contribution is -0.265. The van der Waals surface area contributed by atoms with Gasteiger partial charge in [-0.25, -0.2) is 4.79 Å². The first-order chi connectivity index (χ1) is 32.8. The number of fused-ring (bicyclic) bond motifs is 3. The van der Waals surface area contributed by atoms with E-state index in [1.165, 1.54) is 18.3 Å². The lowest BCUT2D eigenvalue weighted by Gasteiger charge is -2.42. The number of methoxy groups -OCH3 is 3. The number of carbonyl (C=O) groups excluding carboxylic acids is 5. The molecule has 0 spiro atoms. The molecule has 3 unspecified atom stereocenters. The second kappa shape index (κ2) is 25.7. The smallest absolute Gasteiger partial charge is 0.329 e. The first kappa shape index (κ1) is 55.7. The maximum Gasteiger partial charge on any atom is 0.329 e. The summed E-state index contributed by atoms with van der Waals surface area (Å²) < 4.78 is 29.9. The minimum Gasteiger partial charge on any atom is -0.460 e. The second-order valence-corrected chi connectivity index (χ2v) is 20.3. The molecule has 4 aliphatic rings. The number of hydrogen-bond donors (Lipinski definition) is 2. The largest absolute Gasteiger partial charge is 0.460 e. The van der Waals surface area contributed by atoms with E-state index in [2.05, 4.69) is 15.4 Å². The van der Waals surface area contributed by atoms with Crippen LogP contribution in [0.2, 0.25) is 0 Å². The molecular formula is C52H79N5O12. The molecule has 384 valence electrons. The molecule has 1 aromatic heterocycles. The molecule has 2 bridgehead atoms. The Morgan fingerprint density at radius 1 is 0.884 bits per heavy atom. The summed E-state index contributed by atoms with van der Waals surface area (Å²) in [5, 5.41) is 35.7. The van der Waals surface area contributed by atoms with E-state index in [0.717, 1.165) is 18.4 Å². The van der Waals surface area contributed by atoms with Gasteiger partial charge in [0.1, 0.15) is 30.1 Å². The highest BCUT2D eigenvalue weighted by Crippen LogP contribution is 2.39. The van der Waals surface area contributed by atoms with E-state index in [4.69, 9.17) is 23.7 Å². The average molecular weight is 966 g/mol. The number of carbonyl (C=O) groups is 5. The number of allylic oxidation sites excluding steroid dienone is 6. The van der Waals surface area contributed by atoms with Crippen molar-refractivity contribution in [2.45, 2.75) is 180 Å². The third-order valence-electron chi connectivity index (χ3n) is 15.1. The summed E-state index contributed by atoms with van der Waals surface area (Å²) in [4.78, 5) is 73.9. The van der Waals surface area contributed by atoms with Crippen LogP contribution in [0, 0.1) is 35.5 Å². The van der Waals surface area contributed by atoms with Crippen molar-refractivity contribution >= 4 is 29.2 Å². The summed E-state index contributed by atoms with van der Waals surface area (Å²) in [7, 11) is 4.61. The maximum absolute atomic E-state index is 14.5. The van der Waals surface area contributed by atoms with E-state index < -0.39 is 77.8 Å². The van der Waals surface area contributed by atoms with Crippen LogP contribution >= 0.6 is 0 Å². The molecule has 3 aliphatic heterocycles. The lowest BCUT2D eigenvalue weighted by atomic mass is 9.77. The van der Waals surface area contributed by atoms with Crippen LogP contribution in [-0.2, 0) is 47.7 Å². The van der Waals surface area contributed by atoms with Crippen LogP contribution in [0.1, 0.15) is 132 Å².